The lowest BCUT2D eigenvalue weighted by atomic mass is 9.83. The Bertz CT molecular complexity index is 279. The summed E-state index contributed by atoms with van der Waals surface area (Å²) in [5.41, 5.74) is 0. The predicted octanol–water partition coefficient (Wildman–Crippen LogP) is 3.86. The third kappa shape index (κ3) is 3.57. The van der Waals surface area contributed by atoms with Crippen LogP contribution in [0.3, 0.4) is 0 Å². The van der Waals surface area contributed by atoms with Crippen LogP contribution >= 0.6 is 0 Å². The molecule has 3 aliphatic rings. The summed E-state index contributed by atoms with van der Waals surface area (Å²) >= 11 is 0. The quantitative estimate of drug-likeness (QED) is 0.816. The van der Waals surface area contributed by atoms with Crippen molar-refractivity contribution in [3.63, 3.8) is 0 Å². The van der Waals surface area contributed by atoms with Gasteiger partial charge in [0.15, 0.2) is 0 Å². The van der Waals surface area contributed by atoms with E-state index in [1.807, 2.05) is 0 Å². The van der Waals surface area contributed by atoms with Gasteiger partial charge in [0, 0.05) is 18.1 Å². The van der Waals surface area contributed by atoms with Gasteiger partial charge < -0.3 is 10.6 Å². The van der Waals surface area contributed by atoms with E-state index in [-0.39, 0.29) is 0 Å². The third-order valence-corrected chi connectivity index (χ3v) is 6.27. The van der Waals surface area contributed by atoms with Gasteiger partial charge in [-0.25, -0.2) is 0 Å². The molecule has 2 N–H and O–H groups in total. The highest BCUT2D eigenvalue weighted by Crippen LogP contribution is 2.33. The Hall–Kier alpha value is -0.0800. The largest absolute Gasteiger partial charge is 0.314 e. The molecule has 1 heterocycles. The first kappa shape index (κ1) is 14.8. The van der Waals surface area contributed by atoms with Crippen molar-refractivity contribution in [2.45, 2.75) is 95.7 Å². The highest BCUT2D eigenvalue weighted by molar-refractivity contribution is 4.94. The SMILES string of the molecule is C[C@H](NC1CCCC1C1CCCCN1)C1CCCCC1. The molecule has 2 aliphatic carbocycles. The lowest BCUT2D eigenvalue weighted by Crippen LogP contribution is -2.50. The average Bonchev–Trinajstić information content (AvgIpc) is 2.97. The molecular formula is C18H34N2. The van der Waals surface area contributed by atoms with Crippen LogP contribution in [-0.4, -0.2) is 24.7 Å². The summed E-state index contributed by atoms with van der Waals surface area (Å²) in [6, 6.07) is 2.34. The average molecular weight is 278 g/mol. The molecule has 2 nitrogen and oxygen atoms in total. The molecule has 0 aromatic rings. The van der Waals surface area contributed by atoms with Gasteiger partial charge in [-0.15, -0.1) is 0 Å². The predicted molar refractivity (Wildman–Crippen MR) is 85.9 cm³/mol. The van der Waals surface area contributed by atoms with Crippen molar-refractivity contribution in [2.75, 3.05) is 6.54 Å². The van der Waals surface area contributed by atoms with Gasteiger partial charge in [0.25, 0.3) is 0 Å². The molecule has 0 spiro atoms. The standard InChI is InChI=1S/C18H34N2/c1-14(15-8-3-2-4-9-15)20-18-12-7-10-16(18)17-11-5-6-13-19-17/h14-20H,2-13H2,1H3/t14-,16?,17?,18?/m0/s1. The van der Waals surface area contributed by atoms with Crippen LogP contribution in [-0.2, 0) is 0 Å². The summed E-state index contributed by atoms with van der Waals surface area (Å²) in [6.45, 7) is 3.71. The van der Waals surface area contributed by atoms with Gasteiger partial charge in [-0.2, -0.15) is 0 Å². The van der Waals surface area contributed by atoms with Crippen molar-refractivity contribution in [3.05, 3.63) is 0 Å². The molecule has 116 valence electrons. The van der Waals surface area contributed by atoms with E-state index in [4.69, 9.17) is 0 Å². The minimum atomic E-state index is 0.740. The second-order valence-corrected chi connectivity index (χ2v) is 7.61. The molecule has 3 rings (SSSR count). The number of hydrogen-bond acceptors (Lipinski definition) is 2. The first-order chi connectivity index (χ1) is 9.84. The van der Waals surface area contributed by atoms with E-state index in [1.165, 1.54) is 77.2 Å². The molecule has 2 saturated carbocycles. The van der Waals surface area contributed by atoms with Crippen LogP contribution < -0.4 is 10.6 Å². The molecular weight excluding hydrogens is 244 g/mol. The van der Waals surface area contributed by atoms with Gasteiger partial charge in [-0.1, -0.05) is 32.1 Å². The zero-order valence-electron chi connectivity index (χ0n) is 13.4. The Balaban J connectivity index is 1.52. The van der Waals surface area contributed by atoms with Crippen molar-refractivity contribution in [1.82, 2.24) is 10.6 Å². The molecule has 3 fully saturated rings. The summed E-state index contributed by atoms with van der Waals surface area (Å²) < 4.78 is 0. The second-order valence-electron chi connectivity index (χ2n) is 7.61. The van der Waals surface area contributed by atoms with Gasteiger partial charge in [-0.05, 0) is 63.8 Å². The Labute approximate surface area is 125 Å². The molecule has 1 aliphatic heterocycles. The van der Waals surface area contributed by atoms with Crippen LogP contribution in [0.5, 0.6) is 0 Å². The maximum absolute atomic E-state index is 4.06. The summed E-state index contributed by atoms with van der Waals surface area (Å²) in [7, 11) is 0. The lowest BCUT2D eigenvalue weighted by molar-refractivity contribution is 0.212. The molecule has 0 aromatic heterocycles. The highest BCUT2D eigenvalue weighted by Gasteiger charge is 2.35. The molecule has 4 atom stereocenters. The Morgan fingerprint density at radius 1 is 0.850 bits per heavy atom. The first-order valence-electron chi connectivity index (χ1n) is 9.34. The molecule has 0 radical (unpaired) electrons. The van der Waals surface area contributed by atoms with Crippen LogP contribution in [0.2, 0.25) is 0 Å². The fourth-order valence-corrected chi connectivity index (χ4v) is 5.03. The molecule has 0 amide bonds. The third-order valence-electron chi connectivity index (χ3n) is 6.27. The minimum absolute atomic E-state index is 0.740. The van der Waals surface area contributed by atoms with Gasteiger partial charge in [0.2, 0.25) is 0 Å². The minimum Gasteiger partial charge on any atom is -0.314 e. The number of piperidine rings is 1. The van der Waals surface area contributed by atoms with Crippen molar-refractivity contribution >= 4 is 0 Å². The van der Waals surface area contributed by atoms with E-state index in [0.29, 0.717) is 0 Å². The van der Waals surface area contributed by atoms with E-state index < -0.39 is 0 Å². The van der Waals surface area contributed by atoms with Gasteiger partial charge in [0.1, 0.15) is 0 Å². The molecule has 0 aromatic carbocycles. The van der Waals surface area contributed by atoms with Crippen LogP contribution in [0.25, 0.3) is 0 Å². The van der Waals surface area contributed by atoms with Crippen LogP contribution in [0.15, 0.2) is 0 Å². The fourth-order valence-electron chi connectivity index (χ4n) is 5.03. The molecule has 2 heteroatoms. The zero-order chi connectivity index (χ0) is 13.8. The summed E-state index contributed by atoms with van der Waals surface area (Å²) in [5.74, 6) is 1.85. The zero-order valence-corrected chi connectivity index (χ0v) is 13.4. The van der Waals surface area contributed by atoms with Crippen LogP contribution in [0.1, 0.15) is 77.6 Å². The molecule has 20 heavy (non-hydrogen) atoms. The second kappa shape index (κ2) is 7.26. The maximum Gasteiger partial charge on any atom is 0.0113 e. The van der Waals surface area contributed by atoms with Gasteiger partial charge in [-0.3, -0.25) is 0 Å². The van der Waals surface area contributed by atoms with Crippen molar-refractivity contribution < 1.29 is 0 Å². The van der Waals surface area contributed by atoms with Crippen LogP contribution in [0, 0.1) is 11.8 Å². The fraction of sp³-hybridized carbons (Fsp3) is 1.00. The lowest BCUT2D eigenvalue weighted by Gasteiger charge is -2.36. The smallest absolute Gasteiger partial charge is 0.0113 e. The van der Waals surface area contributed by atoms with E-state index in [9.17, 15) is 0 Å². The van der Waals surface area contributed by atoms with E-state index in [1.54, 1.807) is 0 Å². The van der Waals surface area contributed by atoms with Crippen molar-refractivity contribution in [2.24, 2.45) is 11.8 Å². The van der Waals surface area contributed by atoms with Gasteiger partial charge >= 0.3 is 0 Å². The maximum atomic E-state index is 4.06. The first-order valence-corrected chi connectivity index (χ1v) is 9.34. The van der Waals surface area contributed by atoms with Crippen LogP contribution in [0.4, 0.5) is 0 Å². The van der Waals surface area contributed by atoms with Gasteiger partial charge in [0.05, 0.1) is 0 Å². The normalized spacial score (nSPS) is 38.0. The number of rotatable bonds is 4. The van der Waals surface area contributed by atoms with Crippen molar-refractivity contribution in [1.29, 1.82) is 0 Å². The molecule has 3 unspecified atom stereocenters. The number of nitrogens with one attached hydrogen (secondary N) is 2. The monoisotopic (exact) mass is 278 g/mol. The number of hydrogen-bond donors (Lipinski definition) is 2. The van der Waals surface area contributed by atoms with E-state index in [0.717, 1.165) is 30.0 Å². The van der Waals surface area contributed by atoms with Crippen molar-refractivity contribution in [3.8, 4) is 0 Å². The Morgan fingerprint density at radius 3 is 2.40 bits per heavy atom. The molecule has 0 bridgehead atoms. The molecule has 1 saturated heterocycles. The highest BCUT2D eigenvalue weighted by atomic mass is 15.0. The van der Waals surface area contributed by atoms with E-state index in [2.05, 4.69) is 17.6 Å². The topological polar surface area (TPSA) is 24.1 Å². The summed E-state index contributed by atoms with van der Waals surface area (Å²) in [6.07, 6.45) is 15.9. The van der Waals surface area contributed by atoms with E-state index >= 15 is 0 Å². The summed E-state index contributed by atoms with van der Waals surface area (Å²) in [5, 5.41) is 7.86. The Kier molecular flexibility index (Phi) is 5.39. The summed E-state index contributed by atoms with van der Waals surface area (Å²) in [4.78, 5) is 0. The Morgan fingerprint density at radius 2 is 1.65 bits per heavy atom.